The standard InChI is InChI=1S/C23H30N2O6S/c1-29-19-7-9-20(10-8-19)32(27,28)25-14-4-5-18(16-25)23(26)24-13-12-17-6-11-21(30-2)22(15-17)31-3/h6-11,15,18H,4-5,12-14,16H2,1-3H3,(H,24,26). The first-order chi connectivity index (χ1) is 15.4. The lowest BCUT2D eigenvalue weighted by atomic mass is 9.99. The van der Waals surface area contributed by atoms with Gasteiger partial charge in [0, 0.05) is 19.6 Å². The van der Waals surface area contributed by atoms with E-state index >= 15 is 0 Å². The van der Waals surface area contributed by atoms with Crippen LogP contribution in [0, 0.1) is 5.92 Å². The summed E-state index contributed by atoms with van der Waals surface area (Å²) in [4.78, 5) is 12.9. The van der Waals surface area contributed by atoms with Gasteiger partial charge in [0.25, 0.3) is 0 Å². The lowest BCUT2D eigenvalue weighted by Gasteiger charge is -2.31. The van der Waals surface area contributed by atoms with Gasteiger partial charge in [-0.05, 0) is 61.2 Å². The number of nitrogens with zero attached hydrogens (tertiary/aromatic N) is 1. The van der Waals surface area contributed by atoms with Crippen LogP contribution in [-0.4, -0.2) is 59.6 Å². The molecule has 1 saturated heterocycles. The number of carbonyl (C=O) groups is 1. The highest BCUT2D eigenvalue weighted by molar-refractivity contribution is 7.89. The number of piperidine rings is 1. The molecule has 1 aliphatic heterocycles. The van der Waals surface area contributed by atoms with Gasteiger partial charge in [0.15, 0.2) is 11.5 Å². The van der Waals surface area contributed by atoms with Crippen LogP contribution in [0.25, 0.3) is 0 Å². The predicted molar refractivity (Wildman–Crippen MR) is 121 cm³/mol. The van der Waals surface area contributed by atoms with Gasteiger partial charge in [0.1, 0.15) is 5.75 Å². The van der Waals surface area contributed by atoms with Crippen molar-refractivity contribution < 1.29 is 27.4 Å². The molecule has 174 valence electrons. The van der Waals surface area contributed by atoms with Gasteiger partial charge in [0.05, 0.1) is 32.1 Å². The Hall–Kier alpha value is -2.78. The van der Waals surface area contributed by atoms with Gasteiger partial charge in [-0.25, -0.2) is 8.42 Å². The third-order valence-electron chi connectivity index (χ3n) is 5.61. The van der Waals surface area contributed by atoms with E-state index in [1.807, 2.05) is 18.2 Å². The van der Waals surface area contributed by atoms with Gasteiger partial charge in [-0.15, -0.1) is 0 Å². The Balaban J connectivity index is 1.57. The summed E-state index contributed by atoms with van der Waals surface area (Å²) in [7, 11) is 1.04. The Morgan fingerprint density at radius 2 is 1.75 bits per heavy atom. The van der Waals surface area contributed by atoms with Gasteiger partial charge in [-0.2, -0.15) is 4.31 Å². The number of ether oxygens (including phenoxy) is 3. The number of amides is 1. The SMILES string of the molecule is COc1ccc(S(=O)(=O)N2CCCC(C(=O)NCCc3ccc(OC)c(OC)c3)C2)cc1. The Labute approximate surface area is 189 Å². The van der Waals surface area contributed by atoms with Crippen LogP contribution in [0.3, 0.4) is 0 Å². The Kier molecular flexibility index (Phi) is 7.98. The molecule has 9 heteroatoms. The van der Waals surface area contributed by atoms with Crippen molar-refractivity contribution in [3.8, 4) is 17.2 Å². The molecule has 1 amide bonds. The van der Waals surface area contributed by atoms with Crippen molar-refractivity contribution >= 4 is 15.9 Å². The molecule has 8 nitrogen and oxygen atoms in total. The van der Waals surface area contributed by atoms with E-state index in [1.54, 1.807) is 26.4 Å². The minimum absolute atomic E-state index is 0.125. The molecule has 1 unspecified atom stereocenters. The van der Waals surface area contributed by atoms with E-state index in [0.717, 1.165) is 5.56 Å². The fourth-order valence-electron chi connectivity index (χ4n) is 3.78. The van der Waals surface area contributed by atoms with Crippen molar-refractivity contribution in [1.82, 2.24) is 9.62 Å². The van der Waals surface area contributed by atoms with E-state index in [4.69, 9.17) is 14.2 Å². The van der Waals surface area contributed by atoms with Crippen LogP contribution in [0.15, 0.2) is 47.4 Å². The van der Waals surface area contributed by atoms with Crippen LogP contribution < -0.4 is 19.5 Å². The number of hydrogen-bond donors (Lipinski definition) is 1. The highest BCUT2D eigenvalue weighted by atomic mass is 32.2. The molecule has 32 heavy (non-hydrogen) atoms. The Bertz CT molecular complexity index is 1020. The Morgan fingerprint density at radius 1 is 1.03 bits per heavy atom. The fourth-order valence-corrected chi connectivity index (χ4v) is 5.31. The highest BCUT2D eigenvalue weighted by Crippen LogP contribution is 2.28. The number of benzene rings is 2. The van der Waals surface area contributed by atoms with Crippen molar-refractivity contribution in [3.05, 3.63) is 48.0 Å². The van der Waals surface area contributed by atoms with Gasteiger partial charge in [-0.1, -0.05) is 6.07 Å². The second-order valence-corrected chi connectivity index (χ2v) is 9.55. The second kappa shape index (κ2) is 10.7. The second-order valence-electron chi connectivity index (χ2n) is 7.61. The van der Waals surface area contributed by atoms with Gasteiger partial charge in [-0.3, -0.25) is 4.79 Å². The summed E-state index contributed by atoms with van der Waals surface area (Å²) in [5, 5.41) is 2.94. The average Bonchev–Trinajstić information content (AvgIpc) is 2.83. The normalized spacial score (nSPS) is 16.9. The summed E-state index contributed by atoms with van der Waals surface area (Å²) in [6.07, 6.45) is 1.94. The minimum Gasteiger partial charge on any atom is -0.497 e. The van der Waals surface area contributed by atoms with Crippen molar-refractivity contribution in [3.63, 3.8) is 0 Å². The smallest absolute Gasteiger partial charge is 0.243 e. The van der Waals surface area contributed by atoms with E-state index in [-0.39, 0.29) is 23.3 Å². The van der Waals surface area contributed by atoms with Crippen molar-refractivity contribution in [2.45, 2.75) is 24.2 Å². The Morgan fingerprint density at radius 3 is 2.41 bits per heavy atom. The molecule has 1 atom stereocenters. The van der Waals surface area contributed by atoms with Crippen molar-refractivity contribution in [2.24, 2.45) is 5.92 Å². The van der Waals surface area contributed by atoms with Crippen LogP contribution in [0.1, 0.15) is 18.4 Å². The molecule has 0 radical (unpaired) electrons. The molecular weight excluding hydrogens is 432 g/mol. The molecule has 0 aliphatic carbocycles. The number of hydrogen-bond acceptors (Lipinski definition) is 6. The van der Waals surface area contributed by atoms with Gasteiger partial charge < -0.3 is 19.5 Å². The molecule has 0 saturated carbocycles. The van der Waals surface area contributed by atoms with Crippen LogP contribution in [-0.2, 0) is 21.2 Å². The number of nitrogens with one attached hydrogen (secondary N) is 1. The number of sulfonamides is 1. The molecule has 1 heterocycles. The van der Waals surface area contributed by atoms with E-state index in [1.165, 1.54) is 23.5 Å². The molecule has 1 aliphatic rings. The van der Waals surface area contributed by atoms with Gasteiger partial charge in [0.2, 0.25) is 15.9 Å². The molecule has 1 N–H and O–H groups in total. The summed E-state index contributed by atoms with van der Waals surface area (Å²) >= 11 is 0. The zero-order valence-electron chi connectivity index (χ0n) is 18.7. The van der Waals surface area contributed by atoms with Crippen molar-refractivity contribution in [1.29, 1.82) is 0 Å². The van der Waals surface area contributed by atoms with Crippen molar-refractivity contribution in [2.75, 3.05) is 41.0 Å². The number of rotatable bonds is 9. The van der Waals surface area contributed by atoms with Crippen LogP contribution in [0.2, 0.25) is 0 Å². The van der Waals surface area contributed by atoms with E-state index in [9.17, 15) is 13.2 Å². The number of carbonyl (C=O) groups excluding carboxylic acids is 1. The monoisotopic (exact) mass is 462 g/mol. The van der Waals surface area contributed by atoms with Crippen LogP contribution >= 0.6 is 0 Å². The molecular formula is C23H30N2O6S. The molecule has 0 aromatic heterocycles. The molecule has 0 bridgehead atoms. The molecule has 2 aromatic carbocycles. The van der Waals surface area contributed by atoms with Crippen LogP contribution in [0.5, 0.6) is 17.2 Å². The zero-order valence-corrected chi connectivity index (χ0v) is 19.5. The lowest BCUT2D eigenvalue weighted by molar-refractivity contribution is -0.126. The average molecular weight is 463 g/mol. The van der Waals surface area contributed by atoms with Crippen LogP contribution in [0.4, 0.5) is 0 Å². The number of methoxy groups -OCH3 is 3. The minimum atomic E-state index is -3.66. The first-order valence-corrected chi connectivity index (χ1v) is 12.0. The van der Waals surface area contributed by atoms with E-state index in [2.05, 4.69) is 5.32 Å². The summed E-state index contributed by atoms with van der Waals surface area (Å²) in [6.45, 7) is 1.04. The zero-order chi connectivity index (χ0) is 23.1. The topological polar surface area (TPSA) is 94.2 Å². The fraction of sp³-hybridized carbons (Fsp3) is 0.435. The van der Waals surface area contributed by atoms with Gasteiger partial charge >= 0.3 is 0 Å². The maximum Gasteiger partial charge on any atom is 0.243 e. The third kappa shape index (κ3) is 5.52. The molecule has 0 spiro atoms. The summed E-state index contributed by atoms with van der Waals surface area (Å²) in [5.41, 5.74) is 1.01. The first-order valence-electron chi connectivity index (χ1n) is 10.5. The van der Waals surface area contributed by atoms with E-state index in [0.29, 0.717) is 49.6 Å². The molecule has 1 fully saturated rings. The summed E-state index contributed by atoms with van der Waals surface area (Å²) in [6, 6.07) is 11.9. The quantitative estimate of drug-likeness (QED) is 0.615. The summed E-state index contributed by atoms with van der Waals surface area (Å²) in [5.74, 6) is 1.39. The largest absolute Gasteiger partial charge is 0.497 e. The molecule has 3 rings (SSSR count). The maximum absolute atomic E-state index is 13.0. The van der Waals surface area contributed by atoms with E-state index < -0.39 is 10.0 Å². The predicted octanol–water partition coefficient (Wildman–Crippen LogP) is 2.47. The first kappa shape index (κ1) is 23.9. The lowest BCUT2D eigenvalue weighted by Crippen LogP contribution is -2.45. The maximum atomic E-state index is 13.0. The third-order valence-corrected chi connectivity index (χ3v) is 7.49. The molecule has 2 aromatic rings. The highest BCUT2D eigenvalue weighted by Gasteiger charge is 2.33. The summed E-state index contributed by atoms with van der Waals surface area (Å²) < 4.78 is 43.0.